The third-order valence-electron chi connectivity index (χ3n) is 10.3. The number of hydrogen-bond donors (Lipinski definition) is 2. The molecule has 3 fully saturated rings. The third kappa shape index (κ3) is 5.25. The molecule has 12 atom stereocenters. The Morgan fingerprint density at radius 3 is 2.58 bits per heavy atom. The van der Waals surface area contributed by atoms with Gasteiger partial charge in [0.05, 0.1) is 6.10 Å². The summed E-state index contributed by atoms with van der Waals surface area (Å²) in [5.74, 6) is -2.51. The molecule has 2 aliphatic heterocycles. The number of esters is 2. The van der Waals surface area contributed by atoms with Crippen LogP contribution in [0.4, 0.5) is 4.79 Å². The minimum atomic E-state index is -0.982. The number of cyclic esters (lactones) is 1. The fourth-order valence-corrected chi connectivity index (χ4v) is 8.00. The number of amides is 1. The summed E-state index contributed by atoms with van der Waals surface area (Å²) < 4.78 is 31.0. The molecule has 6 aliphatic rings. The topological polar surface area (TPSA) is 130 Å². The van der Waals surface area contributed by atoms with E-state index in [1.54, 1.807) is 13.0 Å². The predicted molar refractivity (Wildman–Crippen MR) is 154 cm³/mol. The van der Waals surface area contributed by atoms with Crippen LogP contribution in [0.15, 0.2) is 47.6 Å². The predicted octanol–water partition coefficient (Wildman–Crippen LogP) is 3.54. The Balaban J connectivity index is 1.44. The molecule has 0 radical (unpaired) electrons. The van der Waals surface area contributed by atoms with Gasteiger partial charge in [0.25, 0.3) is 0 Å². The van der Waals surface area contributed by atoms with Gasteiger partial charge in [-0.25, -0.2) is 14.4 Å². The molecule has 0 aromatic heterocycles. The van der Waals surface area contributed by atoms with Gasteiger partial charge in [-0.15, -0.1) is 0 Å². The van der Waals surface area contributed by atoms with E-state index in [1.165, 1.54) is 7.11 Å². The Morgan fingerprint density at radius 2 is 1.93 bits per heavy atom. The Bertz CT molecular complexity index is 1260. The van der Waals surface area contributed by atoms with Crippen LogP contribution >= 0.6 is 0 Å². The lowest BCUT2D eigenvalue weighted by molar-refractivity contribution is -0.173. The zero-order valence-corrected chi connectivity index (χ0v) is 25.4. The van der Waals surface area contributed by atoms with Crippen molar-refractivity contribution in [2.45, 2.75) is 102 Å². The Hall–Kier alpha value is -2.95. The number of aliphatic hydroxyl groups is 1. The molecule has 2 heterocycles. The first-order chi connectivity index (χ1) is 20.5. The highest BCUT2D eigenvalue weighted by Gasteiger charge is 2.70. The molecule has 1 saturated heterocycles. The normalized spacial score (nSPS) is 43.4. The molecular weight excluding hydrogens is 554 g/mol. The highest BCUT2D eigenvalue weighted by molar-refractivity contribution is 5.90. The van der Waals surface area contributed by atoms with E-state index in [4.69, 9.17) is 23.7 Å². The van der Waals surface area contributed by atoms with Crippen molar-refractivity contribution < 1.29 is 43.2 Å². The highest BCUT2D eigenvalue weighted by atomic mass is 16.6. The molecule has 4 aliphatic carbocycles. The van der Waals surface area contributed by atoms with Gasteiger partial charge in [0.15, 0.2) is 6.10 Å². The molecule has 43 heavy (non-hydrogen) atoms. The van der Waals surface area contributed by atoms with E-state index >= 15 is 0 Å². The number of allylic oxidation sites excluding steroid dienone is 3. The standard InChI is InChI=1S/C33H43NO9/c1-16-14-17(2)33-21(15-24(39-5)31(37)40-26(16)19(4)35)10-13-23-25(33)27(42-32(38)34-22-11-12-22)18(3)28(29(23)43-33)41-30(36)20-8-6-7-9-20/h6-8,10,13-14,16,18-19,21-29,35H,9,11-12,15H2,1-5H3,(H,34,38)/b17-14+/t16-,18-,19-,21?,23-,24+,25+,26+,27-,28-,29-,33+/m1/s1. The summed E-state index contributed by atoms with van der Waals surface area (Å²) in [7, 11) is 1.47. The molecule has 2 saturated carbocycles. The molecular formula is C33H43NO9. The Labute approximate surface area is 252 Å². The average molecular weight is 598 g/mol. The van der Waals surface area contributed by atoms with Gasteiger partial charge in [0.1, 0.15) is 30.0 Å². The van der Waals surface area contributed by atoms with E-state index in [2.05, 4.69) is 17.5 Å². The molecule has 1 amide bonds. The van der Waals surface area contributed by atoms with Crippen LogP contribution in [0.3, 0.4) is 0 Å². The lowest BCUT2D eigenvalue weighted by Crippen LogP contribution is -2.59. The van der Waals surface area contributed by atoms with Gasteiger partial charge < -0.3 is 34.1 Å². The van der Waals surface area contributed by atoms with E-state index in [0.717, 1.165) is 18.4 Å². The Kier molecular flexibility index (Phi) is 8.06. The van der Waals surface area contributed by atoms with Gasteiger partial charge in [-0.05, 0) is 45.1 Å². The van der Waals surface area contributed by atoms with Crippen LogP contribution in [-0.2, 0) is 33.3 Å². The molecule has 0 aromatic carbocycles. The second kappa shape index (κ2) is 11.5. The lowest BCUT2D eigenvalue weighted by atomic mass is 9.57. The molecule has 4 bridgehead atoms. The summed E-state index contributed by atoms with van der Waals surface area (Å²) in [4.78, 5) is 39.7. The van der Waals surface area contributed by atoms with E-state index in [9.17, 15) is 19.5 Å². The number of nitrogens with one attached hydrogen (secondary N) is 1. The molecule has 1 spiro atoms. The van der Waals surface area contributed by atoms with Crippen molar-refractivity contribution in [2.75, 3.05) is 7.11 Å². The number of hydrogen-bond acceptors (Lipinski definition) is 9. The van der Waals surface area contributed by atoms with Crippen LogP contribution in [0.25, 0.3) is 0 Å². The van der Waals surface area contributed by atoms with Crippen molar-refractivity contribution in [2.24, 2.45) is 29.6 Å². The molecule has 0 aromatic rings. The fourth-order valence-electron chi connectivity index (χ4n) is 8.00. The number of aliphatic hydroxyl groups excluding tert-OH is 1. The van der Waals surface area contributed by atoms with Crippen LogP contribution in [0.1, 0.15) is 53.4 Å². The lowest BCUT2D eigenvalue weighted by Gasteiger charge is -2.49. The zero-order valence-electron chi connectivity index (χ0n) is 25.4. The van der Waals surface area contributed by atoms with Crippen molar-refractivity contribution in [3.63, 3.8) is 0 Å². The maximum Gasteiger partial charge on any atom is 0.407 e. The van der Waals surface area contributed by atoms with Gasteiger partial charge in [-0.3, -0.25) is 0 Å². The average Bonchev–Trinajstić information content (AvgIpc) is 3.54. The van der Waals surface area contributed by atoms with Crippen LogP contribution in [0.5, 0.6) is 0 Å². The number of ether oxygens (including phenoxy) is 5. The van der Waals surface area contributed by atoms with Gasteiger partial charge >= 0.3 is 18.0 Å². The summed E-state index contributed by atoms with van der Waals surface area (Å²) in [6, 6.07) is 0.113. The minimum Gasteiger partial charge on any atom is -0.457 e. The van der Waals surface area contributed by atoms with Crippen molar-refractivity contribution >= 4 is 18.0 Å². The molecule has 10 heteroatoms. The summed E-state index contributed by atoms with van der Waals surface area (Å²) in [5, 5.41) is 13.5. The maximum atomic E-state index is 13.3. The van der Waals surface area contributed by atoms with E-state index in [1.807, 2.05) is 39.0 Å². The smallest absolute Gasteiger partial charge is 0.407 e. The number of rotatable bonds is 6. The monoisotopic (exact) mass is 597 g/mol. The summed E-state index contributed by atoms with van der Waals surface area (Å²) in [6.45, 7) is 7.44. The van der Waals surface area contributed by atoms with E-state index in [0.29, 0.717) is 12.0 Å². The minimum absolute atomic E-state index is 0.113. The van der Waals surface area contributed by atoms with Crippen molar-refractivity contribution in [3.05, 3.63) is 47.6 Å². The number of carbonyl (C=O) groups excluding carboxylic acids is 3. The summed E-state index contributed by atoms with van der Waals surface area (Å²) in [6.07, 6.45) is 9.33. The maximum absolute atomic E-state index is 13.3. The Morgan fingerprint density at radius 1 is 1.16 bits per heavy atom. The first-order valence-electron chi connectivity index (χ1n) is 15.5. The quantitative estimate of drug-likeness (QED) is 0.268. The second-order valence-corrected chi connectivity index (χ2v) is 13.1. The molecule has 2 N–H and O–H groups in total. The molecule has 234 valence electrons. The van der Waals surface area contributed by atoms with Gasteiger partial charge in [-0.2, -0.15) is 0 Å². The fraction of sp³-hybridized carbons (Fsp3) is 0.667. The van der Waals surface area contributed by atoms with Crippen molar-refractivity contribution in [3.8, 4) is 0 Å². The SMILES string of the molecule is CO[C@H]1CC2C=C[C@H]3[C@H]4O[C@]2(/C(C)=C/[C@@H](C)[C@@H]([C@@H](C)O)OC1=O)[C@@H]3[C@H](OC(=O)NC1CC1)[C@@H](C)[C@H]4OC(=O)C1=CC=CC1. The van der Waals surface area contributed by atoms with Crippen LogP contribution < -0.4 is 5.32 Å². The summed E-state index contributed by atoms with van der Waals surface area (Å²) >= 11 is 0. The zero-order chi connectivity index (χ0) is 30.6. The van der Waals surface area contributed by atoms with Crippen molar-refractivity contribution in [1.82, 2.24) is 5.32 Å². The number of alkyl carbamates (subject to hydrolysis) is 1. The first kappa shape index (κ1) is 30.1. The van der Waals surface area contributed by atoms with E-state index < -0.39 is 60.3 Å². The van der Waals surface area contributed by atoms with Gasteiger partial charge in [-0.1, -0.05) is 50.3 Å². The molecule has 6 rings (SSSR count). The van der Waals surface area contributed by atoms with Crippen molar-refractivity contribution in [1.29, 1.82) is 0 Å². The highest BCUT2D eigenvalue weighted by Crippen LogP contribution is 2.62. The number of carbonyl (C=O) groups is 3. The van der Waals surface area contributed by atoms with Crippen LogP contribution in [-0.4, -0.2) is 78.5 Å². The number of methoxy groups -OCH3 is 1. The van der Waals surface area contributed by atoms with E-state index in [-0.39, 0.29) is 42.1 Å². The molecule has 1 unspecified atom stereocenters. The second-order valence-electron chi connectivity index (χ2n) is 13.1. The first-order valence-corrected chi connectivity index (χ1v) is 15.5. The van der Waals surface area contributed by atoms with Gasteiger partial charge in [0, 0.05) is 48.3 Å². The van der Waals surface area contributed by atoms with Crippen LogP contribution in [0, 0.1) is 29.6 Å². The molecule has 10 nitrogen and oxygen atoms in total. The summed E-state index contributed by atoms with van der Waals surface area (Å²) in [5.41, 5.74) is 0.479. The third-order valence-corrected chi connectivity index (χ3v) is 10.3. The van der Waals surface area contributed by atoms with Crippen LogP contribution in [0.2, 0.25) is 0 Å². The van der Waals surface area contributed by atoms with Gasteiger partial charge in [0.2, 0.25) is 0 Å². The largest absolute Gasteiger partial charge is 0.457 e.